The first-order valence-electron chi connectivity index (χ1n) is 6.01. The molecule has 3 nitrogen and oxygen atoms in total. The van der Waals surface area contributed by atoms with Crippen LogP contribution in [0.15, 0.2) is 24.3 Å². The fourth-order valence-corrected chi connectivity index (χ4v) is 1.79. The van der Waals surface area contributed by atoms with Crippen LogP contribution in [-0.2, 0) is 9.47 Å². The molecule has 1 aromatic rings. The Morgan fingerprint density at radius 2 is 1.76 bits per heavy atom. The van der Waals surface area contributed by atoms with E-state index in [2.05, 4.69) is 31.2 Å². The van der Waals surface area contributed by atoms with Crippen molar-refractivity contribution in [2.24, 2.45) is 5.73 Å². The van der Waals surface area contributed by atoms with Gasteiger partial charge in [0.15, 0.2) is 0 Å². The van der Waals surface area contributed by atoms with Crippen LogP contribution in [0.5, 0.6) is 0 Å². The van der Waals surface area contributed by atoms with Gasteiger partial charge in [-0.15, -0.1) is 0 Å². The second-order valence-electron chi connectivity index (χ2n) is 4.59. The summed E-state index contributed by atoms with van der Waals surface area (Å²) < 4.78 is 11.0. The van der Waals surface area contributed by atoms with E-state index in [4.69, 9.17) is 15.2 Å². The summed E-state index contributed by atoms with van der Waals surface area (Å²) in [7, 11) is 1.67. The number of methoxy groups -OCH3 is 1. The Balaban J connectivity index is 2.75. The number of rotatable bonds is 6. The number of hydrogen-bond acceptors (Lipinski definition) is 3. The molecule has 96 valence electrons. The number of benzene rings is 1. The topological polar surface area (TPSA) is 44.5 Å². The Morgan fingerprint density at radius 1 is 1.18 bits per heavy atom. The molecule has 0 aliphatic carbocycles. The van der Waals surface area contributed by atoms with Gasteiger partial charge in [0.25, 0.3) is 0 Å². The lowest BCUT2D eigenvalue weighted by Gasteiger charge is -2.25. The number of nitrogens with two attached hydrogens (primary N) is 1. The van der Waals surface area contributed by atoms with Crippen molar-refractivity contribution in [3.05, 3.63) is 35.4 Å². The van der Waals surface area contributed by atoms with Gasteiger partial charge in [-0.25, -0.2) is 0 Å². The van der Waals surface area contributed by atoms with Crippen molar-refractivity contribution in [2.75, 3.05) is 13.7 Å². The minimum absolute atomic E-state index is 0.0392. The lowest BCUT2D eigenvalue weighted by atomic mass is 10.0. The Hall–Kier alpha value is -0.900. The standard InChI is InChI=1S/C14H23NO2/c1-10-5-7-13(8-6-10)14(12(3)15)17-11(2)9-16-4/h5-8,11-12,14H,9,15H2,1-4H3. The predicted octanol–water partition coefficient (Wildman–Crippen LogP) is 2.43. The molecular formula is C14H23NO2. The van der Waals surface area contributed by atoms with Crippen LogP contribution in [0.4, 0.5) is 0 Å². The van der Waals surface area contributed by atoms with Crippen molar-refractivity contribution in [3.63, 3.8) is 0 Å². The molecule has 0 saturated carbocycles. The molecule has 0 bridgehead atoms. The first-order chi connectivity index (χ1) is 8.04. The minimum Gasteiger partial charge on any atom is -0.382 e. The van der Waals surface area contributed by atoms with Crippen molar-refractivity contribution >= 4 is 0 Å². The van der Waals surface area contributed by atoms with Crippen molar-refractivity contribution < 1.29 is 9.47 Å². The van der Waals surface area contributed by atoms with Crippen molar-refractivity contribution in [1.29, 1.82) is 0 Å². The summed E-state index contributed by atoms with van der Waals surface area (Å²) >= 11 is 0. The van der Waals surface area contributed by atoms with Gasteiger partial charge in [0.05, 0.1) is 18.8 Å². The lowest BCUT2D eigenvalue weighted by Crippen LogP contribution is -2.31. The van der Waals surface area contributed by atoms with E-state index in [0.717, 1.165) is 5.56 Å². The molecule has 2 N–H and O–H groups in total. The van der Waals surface area contributed by atoms with Crippen LogP contribution in [0.3, 0.4) is 0 Å². The van der Waals surface area contributed by atoms with Crippen LogP contribution in [0, 0.1) is 6.92 Å². The normalized spacial score (nSPS) is 16.5. The average Bonchev–Trinajstić information content (AvgIpc) is 2.27. The first-order valence-corrected chi connectivity index (χ1v) is 6.01. The molecule has 0 aromatic heterocycles. The van der Waals surface area contributed by atoms with Gasteiger partial charge in [-0.2, -0.15) is 0 Å². The van der Waals surface area contributed by atoms with Gasteiger partial charge >= 0.3 is 0 Å². The molecule has 1 aromatic carbocycles. The Bertz CT molecular complexity index is 321. The molecular weight excluding hydrogens is 214 g/mol. The lowest BCUT2D eigenvalue weighted by molar-refractivity contribution is -0.0481. The highest BCUT2D eigenvalue weighted by Crippen LogP contribution is 2.22. The number of aryl methyl sites for hydroxylation is 1. The molecule has 0 aliphatic rings. The van der Waals surface area contributed by atoms with E-state index in [0.29, 0.717) is 6.61 Å². The molecule has 0 heterocycles. The molecule has 0 saturated heterocycles. The monoisotopic (exact) mass is 237 g/mol. The van der Waals surface area contributed by atoms with E-state index in [-0.39, 0.29) is 18.2 Å². The Kier molecular flexibility index (Phi) is 5.62. The van der Waals surface area contributed by atoms with E-state index in [1.54, 1.807) is 7.11 Å². The Morgan fingerprint density at radius 3 is 2.24 bits per heavy atom. The summed E-state index contributed by atoms with van der Waals surface area (Å²) in [5.74, 6) is 0. The zero-order chi connectivity index (χ0) is 12.8. The summed E-state index contributed by atoms with van der Waals surface area (Å²) in [5, 5.41) is 0. The second-order valence-corrected chi connectivity index (χ2v) is 4.59. The van der Waals surface area contributed by atoms with Gasteiger partial charge in [-0.05, 0) is 26.3 Å². The van der Waals surface area contributed by atoms with Gasteiger partial charge in [0.2, 0.25) is 0 Å². The smallest absolute Gasteiger partial charge is 0.0977 e. The molecule has 3 heteroatoms. The average molecular weight is 237 g/mol. The molecule has 0 fully saturated rings. The van der Waals surface area contributed by atoms with Crippen molar-refractivity contribution in [2.45, 2.75) is 39.0 Å². The highest BCUT2D eigenvalue weighted by Gasteiger charge is 2.19. The molecule has 17 heavy (non-hydrogen) atoms. The van der Waals surface area contributed by atoms with Gasteiger partial charge in [-0.1, -0.05) is 29.8 Å². The van der Waals surface area contributed by atoms with Crippen LogP contribution < -0.4 is 5.73 Å². The molecule has 0 spiro atoms. The summed E-state index contributed by atoms with van der Waals surface area (Å²) in [4.78, 5) is 0. The Labute approximate surface area is 104 Å². The maximum Gasteiger partial charge on any atom is 0.0977 e. The van der Waals surface area contributed by atoms with Crippen molar-refractivity contribution in [3.8, 4) is 0 Å². The third-order valence-electron chi connectivity index (χ3n) is 2.66. The molecule has 0 radical (unpaired) electrons. The van der Waals surface area contributed by atoms with Gasteiger partial charge in [0.1, 0.15) is 0 Å². The fraction of sp³-hybridized carbons (Fsp3) is 0.571. The van der Waals surface area contributed by atoms with E-state index < -0.39 is 0 Å². The molecule has 0 aliphatic heterocycles. The molecule has 1 rings (SSSR count). The second kappa shape index (κ2) is 6.74. The van der Waals surface area contributed by atoms with Crippen LogP contribution in [-0.4, -0.2) is 25.9 Å². The third kappa shape index (κ3) is 4.46. The maximum absolute atomic E-state index is 5.99. The molecule has 3 atom stereocenters. The molecule has 0 amide bonds. The van der Waals surface area contributed by atoms with Gasteiger partial charge in [-0.3, -0.25) is 0 Å². The quantitative estimate of drug-likeness (QED) is 0.826. The maximum atomic E-state index is 5.99. The predicted molar refractivity (Wildman–Crippen MR) is 70.0 cm³/mol. The fourth-order valence-electron chi connectivity index (χ4n) is 1.79. The zero-order valence-electron chi connectivity index (χ0n) is 11.1. The largest absolute Gasteiger partial charge is 0.382 e. The van der Waals surface area contributed by atoms with Gasteiger partial charge in [0, 0.05) is 13.2 Å². The van der Waals surface area contributed by atoms with E-state index in [1.165, 1.54) is 5.56 Å². The first kappa shape index (κ1) is 14.2. The third-order valence-corrected chi connectivity index (χ3v) is 2.66. The summed E-state index contributed by atoms with van der Waals surface area (Å²) in [6, 6.07) is 8.26. The zero-order valence-corrected chi connectivity index (χ0v) is 11.1. The highest BCUT2D eigenvalue weighted by molar-refractivity contribution is 5.24. The molecule has 3 unspecified atom stereocenters. The summed E-state index contributed by atoms with van der Waals surface area (Å²) in [5.41, 5.74) is 8.34. The SMILES string of the molecule is COCC(C)OC(c1ccc(C)cc1)C(C)N. The van der Waals surface area contributed by atoms with Crippen LogP contribution in [0.2, 0.25) is 0 Å². The number of ether oxygens (including phenoxy) is 2. The van der Waals surface area contributed by atoms with E-state index in [9.17, 15) is 0 Å². The summed E-state index contributed by atoms with van der Waals surface area (Å²) in [6.07, 6.45) is -0.0435. The van der Waals surface area contributed by atoms with Gasteiger partial charge < -0.3 is 15.2 Å². The van der Waals surface area contributed by atoms with Crippen LogP contribution >= 0.6 is 0 Å². The number of hydrogen-bond donors (Lipinski definition) is 1. The van der Waals surface area contributed by atoms with E-state index in [1.807, 2.05) is 13.8 Å². The van der Waals surface area contributed by atoms with Crippen LogP contribution in [0.25, 0.3) is 0 Å². The van der Waals surface area contributed by atoms with Crippen molar-refractivity contribution in [1.82, 2.24) is 0 Å². The highest BCUT2D eigenvalue weighted by atomic mass is 16.5. The minimum atomic E-state index is -0.0826. The van der Waals surface area contributed by atoms with Crippen LogP contribution in [0.1, 0.15) is 31.1 Å². The summed E-state index contributed by atoms with van der Waals surface area (Å²) in [6.45, 7) is 6.60. The van der Waals surface area contributed by atoms with E-state index >= 15 is 0 Å².